The van der Waals surface area contributed by atoms with Crippen LogP contribution in [0.3, 0.4) is 0 Å². The minimum atomic E-state index is -0.0186. The quantitative estimate of drug-likeness (QED) is 0.224. The third kappa shape index (κ3) is 5.83. The predicted octanol–water partition coefficient (Wildman–Crippen LogP) is 7.60. The Bertz CT molecular complexity index is 1680. The van der Waals surface area contributed by atoms with E-state index in [2.05, 4.69) is 36.9 Å². The van der Waals surface area contributed by atoms with E-state index < -0.39 is 0 Å². The molecule has 6 rings (SSSR count). The highest BCUT2D eigenvalue weighted by atomic mass is 35.5. The van der Waals surface area contributed by atoms with E-state index in [1.165, 1.54) is 17.3 Å². The van der Waals surface area contributed by atoms with Crippen LogP contribution in [0.25, 0.3) is 6.08 Å². The highest BCUT2D eigenvalue weighted by molar-refractivity contribution is 8.04. The van der Waals surface area contributed by atoms with E-state index in [0.717, 1.165) is 51.1 Å². The lowest BCUT2D eigenvalue weighted by Gasteiger charge is -2.37. The third-order valence-electron chi connectivity index (χ3n) is 7.96. The van der Waals surface area contributed by atoms with Gasteiger partial charge < -0.3 is 14.7 Å². The molecule has 0 spiro atoms. The summed E-state index contributed by atoms with van der Waals surface area (Å²) in [5.41, 5.74) is 7.06. The minimum Gasteiger partial charge on any atom is -0.368 e. The van der Waals surface area contributed by atoms with Crippen molar-refractivity contribution in [2.75, 3.05) is 36.0 Å². The molecule has 4 aromatic carbocycles. The van der Waals surface area contributed by atoms with Gasteiger partial charge in [0.2, 0.25) is 0 Å². The SMILES string of the molecule is Cc1ccccc1CN1C(=O)/C(=C\c2ccc(C(=O)N3CCN(c4cc(Cl)ccc4C)CC3)cc2)Sc2ccccc21. The van der Waals surface area contributed by atoms with Gasteiger partial charge in [-0.25, -0.2) is 0 Å². The van der Waals surface area contributed by atoms with Crippen LogP contribution >= 0.6 is 23.4 Å². The standard InChI is InChI=1S/C35H32ClN3O2S/c1-24-7-3-4-8-28(24)23-39-30-9-5-6-10-32(30)42-33(35(39)41)21-26-12-14-27(15-13-26)34(40)38-19-17-37(18-20-38)31-22-29(36)16-11-25(31)2/h3-16,21-22H,17-20,23H2,1-2H3/b33-21+. The van der Waals surface area contributed by atoms with Gasteiger partial charge in [0.05, 0.1) is 17.1 Å². The monoisotopic (exact) mass is 593 g/mol. The molecule has 2 amide bonds. The summed E-state index contributed by atoms with van der Waals surface area (Å²) in [7, 11) is 0. The summed E-state index contributed by atoms with van der Waals surface area (Å²) < 4.78 is 0. The number of hydrogen-bond acceptors (Lipinski definition) is 4. The van der Waals surface area contributed by atoms with Crippen LogP contribution in [-0.2, 0) is 11.3 Å². The van der Waals surface area contributed by atoms with E-state index in [-0.39, 0.29) is 11.8 Å². The Balaban J connectivity index is 1.16. The molecule has 0 atom stereocenters. The van der Waals surface area contributed by atoms with Crippen LogP contribution in [0.4, 0.5) is 11.4 Å². The van der Waals surface area contributed by atoms with Gasteiger partial charge in [-0.05, 0) is 78.6 Å². The Hall–Kier alpha value is -4.00. The second-order valence-electron chi connectivity index (χ2n) is 10.7. The van der Waals surface area contributed by atoms with E-state index in [9.17, 15) is 9.59 Å². The summed E-state index contributed by atoms with van der Waals surface area (Å²) in [6, 6.07) is 29.7. The summed E-state index contributed by atoms with van der Waals surface area (Å²) in [6.45, 7) is 7.49. The molecule has 0 N–H and O–H groups in total. The first-order chi connectivity index (χ1) is 20.4. The van der Waals surface area contributed by atoms with Crippen molar-refractivity contribution < 1.29 is 9.59 Å². The number of fused-ring (bicyclic) bond motifs is 1. The Kier molecular flexibility index (Phi) is 8.09. The molecule has 7 heteroatoms. The minimum absolute atomic E-state index is 0.0186. The number of nitrogens with zero attached hydrogens (tertiary/aromatic N) is 3. The fourth-order valence-corrected chi connectivity index (χ4v) is 6.73. The van der Waals surface area contributed by atoms with Crippen LogP contribution in [0.15, 0.2) is 101 Å². The van der Waals surface area contributed by atoms with Gasteiger partial charge in [-0.2, -0.15) is 0 Å². The first-order valence-electron chi connectivity index (χ1n) is 14.1. The van der Waals surface area contributed by atoms with Gasteiger partial charge in [-0.1, -0.05) is 78.0 Å². The zero-order valence-electron chi connectivity index (χ0n) is 23.7. The van der Waals surface area contributed by atoms with Crippen molar-refractivity contribution in [2.45, 2.75) is 25.3 Å². The van der Waals surface area contributed by atoms with Crippen molar-refractivity contribution in [3.05, 3.63) is 129 Å². The first-order valence-corrected chi connectivity index (χ1v) is 15.3. The topological polar surface area (TPSA) is 43.9 Å². The molecule has 2 aliphatic heterocycles. The van der Waals surface area contributed by atoms with Gasteiger partial charge in [0.15, 0.2) is 0 Å². The Morgan fingerprint density at radius 2 is 1.55 bits per heavy atom. The van der Waals surface area contributed by atoms with Crippen LogP contribution in [0.1, 0.15) is 32.6 Å². The second kappa shape index (κ2) is 12.1. The number of carbonyl (C=O) groups is 2. The molecule has 2 heterocycles. The van der Waals surface area contributed by atoms with Crippen molar-refractivity contribution in [3.63, 3.8) is 0 Å². The summed E-state index contributed by atoms with van der Waals surface area (Å²) in [6.07, 6.45) is 1.92. The number of thioether (sulfide) groups is 1. The number of rotatable bonds is 5. The van der Waals surface area contributed by atoms with E-state index in [1.54, 1.807) is 0 Å². The molecule has 212 valence electrons. The van der Waals surface area contributed by atoms with E-state index in [4.69, 9.17) is 11.6 Å². The maximum Gasteiger partial charge on any atom is 0.265 e. The van der Waals surface area contributed by atoms with Crippen LogP contribution < -0.4 is 9.80 Å². The zero-order valence-corrected chi connectivity index (χ0v) is 25.3. The van der Waals surface area contributed by atoms with E-state index in [0.29, 0.717) is 30.1 Å². The summed E-state index contributed by atoms with van der Waals surface area (Å²) in [4.78, 5) is 34.8. The van der Waals surface area contributed by atoms with Crippen LogP contribution in [0, 0.1) is 13.8 Å². The molecule has 4 aromatic rings. The molecule has 2 aliphatic rings. The van der Waals surface area contributed by atoms with Gasteiger partial charge in [0, 0.05) is 47.3 Å². The maximum absolute atomic E-state index is 13.7. The lowest BCUT2D eigenvalue weighted by Crippen LogP contribution is -2.49. The summed E-state index contributed by atoms with van der Waals surface area (Å²) >= 11 is 7.72. The van der Waals surface area contributed by atoms with E-state index in [1.807, 2.05) is 88.7 Å². The molecule has 0 aromatic heterocycles. The molecule has 0 bridgehead atoms. The van der Waals surface area contributed by atoms with Crippen molar-refractivity contribution in [1.29, 1.82) is 0 Å². The Labute approximate surface area is 256 Å². The fourth-order valence-electron chi connectivity index (χ4n) is 5.51. The molecule has 0 unspecified atom stereocenters. The molecule has 0 saturated carbocycles. The average Bonchev–Trinajstić information content (AvgIpc) is 3.01. The molecule has 5 nitrogen and oxygen atoms in total. The number of halogens is 1. The Morgan fingerprint density at radius 3 is 2.31 bits per heavy atom. The second-order valence-corrected chi connectivity index (χ2v) is 12.2. The van der Waals surface area contributed by atoms with Crippen molar-refractivity contribution >= 4 is 52.6 Å². The normalized spacial score (nSPS) is 16.1. The molecular weight excluding hydrogens is 562 g/mol. The van der Waals surface area contributed by atoms with Crippen LogP contribution in [0.5, 0.6) is 0 Å². The summed E-state index contributed by atoms with van der Waals surface area (Å²) in [5, 5.41) is 0.723. The number of para-hydroxylation sites is 1. The molecule has 0 radical (unpaired) electrons. The van der Waals surface area contributed by atoms with Crippen LogP contribution in [-0.4, -0.2) is 42.9 Å². The van der Waals surface area contributed by atoms with Gasteiger partial charge in [-0.15, -0.1) is 0 Å². The number of amides is 2. The lowest BCUT2D eigenvalue weighted by atomic mass is 10.1. The number of hydrogen-bond donors (Lipinski definition) is 0. The van der Waals surface area contributed by atoms with Gasteiger partial charge in [0.1, 0.15) is 0 Å². The number of benzene rings is 4. The van der Waals surface area contributed by atoms with Gasteiger partial charge in [-0.3, -0.25) is 9.59 Å². The molecule has 1 saturated heterocycles. The smallest absolute Gasteiger partial charge is 0.265 e. The molecule has 42 heavy (non-hydrogen) atoms. The average molecular weight is 594 g/mol. The first kappa shape index (κ1) is 28.1. The predicted molar refractivity (Wildman–Crippen MR) is 173 cm³/mol. The van der Waals surface area contributed by atoms with Gasteiger partial charge >= 0.3 is 0 Å². The molecular formula is C35H32ClN3O2S. The number of aryl methyl sites for hydroxylation is 2. The highest BCUT2D eigenvalue weighted by Crippen LogP contribution is 2.42. The van der Waals surface area contributed by atoms with Crippen LogP contribution in [0.2, 0.25) is 5.02 Å². The highest BCUT2D eigenvalue weighted by Gasteiger charge is 2.29. The van der Waals surface area contributed by atoms with E-state index >= 15 is 0 Å². The molecule has 1 fully saturated rings. The Morgan fingerprint density at radius 1 is 0.833 bits per heavy atom. The zero-order chi connectivity index (χ0) is 29.2. The third-order valence-corrected chi connectivity index (χ3v) is 9.27. The summed E-state index contributed by atoms with van der Waals surface area (Å²) in [5.74, 6) is 0.00744. The van der Waals surface area contributed by atoms with Crippen molar-refractivity contribution in [2.24, 2.45) is 0 Å². The number of piperazine rings is 1. The largest absolute Gasteiger partial charge is 0.368 e. The number of anilines is 2. The maximum atomic E-state index is 13.7. The number of carbonyl (C=O) groups excluding carboxylic acids is 2. The fraction of sp³-hybridized carbons (Fsp3) is 0.200. The van der Waals surface area contributed by atoms with Crippen molar-refractivity contribution in [3.8, 4) is 0 Å². The van der Waals surface area contributed by atoms with Gasteiger partial charge in [0.25, 0.3) is 11.8 Å². The van der Waals surface area contributed by atoms with Crippen molar-refractivity contribution in [1.82, 2.24) is 4.90 Å². The lowest BCUT2D eigenvalue weighted by molar-refractivity contribution is -0.114. The molecule has 0 aliphatic carbocycles.